The van der Waals surface area contributed by atoms with Crippen LogP contribution in [0.5, 0.6) is 0 Å². The summed E-state index contributed by atoms with van der Waals surface area (Å²) in [4.78, 5) is 0. The van der Waals surface area contributed by atoms with Gasteiger partial charge in [-0.05, 0) is 0 Å². The maximum atomic E-state index is 15.1. The second kappa shape index (κ2) is 11.7. The van der Waals surface area contributed by atoms with E-state index in [0.29, 0.717) is 0 Å². The van der Waals surface area contributed by atoms with Gasteiger partial charge in [0, 0.05) is 0 Å². The van der Waals surface area contributed by atoms with Crippen molar-refractivity contribution >= 4 is 22.5 Å². The first-order valence-corrected chi connectivity index (χ1v) is 10.3. The summed E-state index contributed by atoms with van der Waals surface area (Å²) >= 11 is 0. The summed E-state index contributed by atoms with van der Waals surface area (Å²) in [5.74, 6) is -44.7. The Bertz CT molecular complexity index is 1220. The van der Waals surface area contributed by atoms with E-state index in [1.807, 2.05) is 0 Å². The van der Waals surface area contributed by atoms with E-state index in [0.717, 1.165) is 0 Å². The first-order valence-electron chi connectivity index (χ1n) is 10.3. The molecule has 0 nitrogen and oxygen atoms in total. The third kappa shape index (κ3) is 4.71. The number of unbranched alkanes of at least 4 members (excludes halogenated alkanes) is 1. The van der Waals surface area contributed by atoms with Crippen molar-refractivity contribution in [2.45, 2.75) is 26.1 Å². The van der Waals surface area contributed by atoms with Gasteiger partial charge in [-0.15, -0.1) is 16.4 Å². The molecule has 0 N–H and O–H groups in total. The SMILES string of the molecule is CCCC[B-](c1c(F)c(F)c(F)c(F)c1F)(c1c(F)c(F)c(F)c(F)c1F)c1c(F)c(F)c(F)c(F)c1F.[Na+]. The van der Waals surface area contributed by atoms with Crippen molar-refractivity contribution in [2.75, 3.05) is 0 Å². The zero-order valence-corrected chi connectivity index (χ0v) is 21.4. The Morgan fingerprint density at radius 3 is 0.718 bits per heavy atom. The smallest absolute Gasteiger partial charge is 0.207 e. The maximum absolute atomic E-state index is 15.1. The molecule has 3 aromatic carbocycles. The third-order valence-corrected chi connectivity index (χ3v) is 6.20. The van der Waals surface area contributed by atoms with Crippen molar-refractivity contribution in [2.24, 2.45) is 0 Å². The van der Waals surface area contributed by atoms with E-state index < -0.39 is 123 Å². The second-order valence-electron chi connectivity index (χ2n) is 8.14. The van der Waals surface area contributed by atoms with Crippen molar-refractivity contribution in [3.8, 4) is 0 Å². The quantitative estimate of drug-likeness (QED) is 0.179. The van der Waals surface area contributed by atoms with Crippen molar-refractivity contribution in [1.29, 1.82) is 0 Å². The molecule has 0 bridgehead atoms. The Hall–Kier alpha value is -2.33. The summed E-state index contributed by atoms with van der Waals surface area (Å²) in [7, 11) is 0. The van der Waals surface area contributed by atoms with Crippen LogP contribution in [0.25, 0.3) is 0 Å². The van der Waals surface area contributed by atoms with Gasteiger partial charge in [-0.25, -0.2) is 65.9 Å². The molecule has 206 valence electrons. The van der Waals surface area contributed by atoms with Crippen LogP contribution in [0.4, 0.5) is 65.9 Å². The van der Waals surface area contributed by atoms with Crippen LogP contribution in [0.1, 0.15) is 19.8 Å². The third-order valence-electron chi connectivity index (χ3n) is 6.20. The van der Waals surface area contributed by atoms with Gasteiger partial charge in [0.2, 0.25) is 0 Å². The van der Waals surface area contributed by atoms with Gasteiger partial charge in [0.1, 0.15) is 41.0 Å². The molecule has 17 heteroatoms. The number of halogens is 15. The monoisotopic (exact) mass is 592 g/mol. The van der Waals surface area contributed by atoms with E-state index in [-0.39, 0.29) is 36.0 Å². The van der Waals surface area contributed by atoms with Crippen LogP contribution in [0, 0.1) is 87.3 Å². The first-order chi connectivity index (χ1) is 17.6. The summed E-state index contributed by atoms with van der Waals surface area (Å²) in [6.45, 7) is 1.18. The van der Waals surface area contributed by atoms with Crippen LogP contribution in [-0.2, 0) is 0 Å². The minimum atomic E-state index is -5.41. The van der Waals surface area contributed by atoms with Crippen LogP contribution in [-0.4, -0.2) is 6.15 Å². The van der Waals surface area contributed by atoms with Crippen LogP contribution in [0.3, 0.4) is 0 Å². The molecule has 3 aromatic rings. The Morgan fingerprint density at radius 2 is 0.538 bits per heavy atom. The fraction of sp³-hybridized carbons (Fsp3) is 0.182. The number of hydrogen-bond acceptors (Lipinski definition) is 0. The summed E-state index contributed by atoms with van der Waals surface area (Å²) in [6.07, 6.45) is -8.14. The molecule has 0 heterocycles. The van der Waals surface area contributed by atoms with Crippen molar-refractivity contribution < 1.29 is 95.4 Å². The molecule has 0 saturated carbocycles. The van der Waals surface area contributed by atoms with Crippen molar-refractivity contribution in [1.82, 2.24) is 0 Å². The van der Waals surface area contributed by atoms with Crippen LogP contribution >= 0.6 is 0 Å². The molecule has 3 rings (SSSR count). The van der Waals surface area contributed by atoms with Gasteiger partial charge in [0.05, 0.1) is 0 Å². The molecule has 0 aromatic heterocycles. The fourth-order valence-electron chi connectivity index (χ4n) is 4.54. The molecular formula is C22H9BF15Na. The second-order valence-corrected chi connectivity index (χ2v) is 8.14. The van der Waals surface area contributed by atoms with Gasteiger partial charge in [-0.3, -0.25) is 0 Å². The average Bonchev–Trinajstić information content (AvgIpc) is 2.89. The van der Waals surface area contributed by atoms with Gasteiger partial charge in [0.15, 0.2) is 52.4 Å². The molecule has 0 aliphatic carbocycles. The van der Waals surface area contributed by atoms with E-state index in [2.05, 4.69) is 0 Å². The standard InChI is InChI=1S/C22H9BF15.Na/c1-2-3-4-23(5-8(24)14(30)20(36)15(31)9(5)25,6-10(26)16(32)21(37)17(33)11(6)27)7-12(28)18(34)22(38)19(35)13(7)29;/h2-4H2,1H3;/q-1;+1. The zero-order chi connectivity index (χ0) is 29.0. The van der Waals surface area contributed by atoms with E-state index >= 15 is 26.3 Å². The fourth-order valence-corrected chi connectivity index (χ4v) is 4.54. The molecule has 0 unspecified atom stereocenters. The average molecular weight is 592 g/mol. The molecule has 0 spiro atoms. The summed E-state index contributed by atoms with van der Waals surface area (Å²) in [5, 5.41) is 0. The number of rotatable bonds is 6. The summed E-state index contributed by atoms with van der Waals surface area (Å²) in [5.41, 5.74) is -7.70. The Balaban J connectivity index is 0.00000533. The van der Waals surface area contributed by atoms with Crippen LogP contribution in [0.2, 0.25) is 6.32 Å². The molecule has 0 aliphatic rings. The Labute approximate surface area is 231 Å². The minimum absolute atomic E-state index is 0. The van der Waals surface area contributed by atoms with E-state index in [4.69, 9.17) is 0 Å². The predicted molar refractivity (Wildman–Crippen MR) is 103 cm³/mol. The first kappa shape index (κ1) is 32.9. The number of hydrogen-bond donors (Lipinski definition) is 0. The van der Waals surface area contributed by atoms with Gasteiger partial charge in [-0.1, -0.05) is 19.8 Å². The van der Waals surface area contributed by atoms with E-state index in [1.54, 1.807) is 0 Å². The van der Waals surface area contributed by atoms with Gasteiger partial charge < -0.3 is 0 Å². The van der Waals surface area contributed by atoms with Crippen LogP contribution < -0.4 is 45.9 Å². The summed E-state index contributed by atoms with van der Waals surface area (Å²) < 4.78 is 217. The van der Waals surface area contributed by atoms with Gasteiger partial charge >= 0.3 is 29.6 Å². The van der Waals surface area contributed by atoms with Gasteiger partial charge in [-0.2, -0.15) is 6.32 Å². The Kier molecular flexibility index (Phi) is 9.82. The van der Waals surface area contributed by atoms with E-state index in [9.17, 15) is 39.5 Å². The normalized spacial score (nSPS) is 11.7. The summed E-state index contributed by atoms with van der Waals surface area (Å²) in [6, 6.07) is 0. The molecule has 0 amide bonds. The van der Waals surface area contributed by atoms with Crippen molar-refractivity contribution in [3.05, 3.63) is 87.3 Å². The molecule has 0 fully saturated rings. The van der Waals surface area contributed by atoms with E-state index in [1.165, 1.54) is 6.92 Å². The molecule has 0 aliphatic heterocycles. The van der Waals surface area contributed by atoms with Crippen LogP contribution in [0.15, 0.2) is 0 Å². The maximum Gasteiger partial charge on any atom is 1.00 e. The molecule has 0 atom stereocenters. The van der Waals surface area contributed by atoms with Crippen molar-refractivity contribution in [3.63, 3.8) is 0 Å². The Morgan fingerprint density at radius 1 is 0.359 bits per heavy atom. The number of benzene rings is 3. The zero-order valence-electron chi connectivity index (χ0n) is 19.4. The predicted octanol–water partition coefficient (Wildman–Crippen LogP) is 3.05. The molecular weight excluding hydrogens is 583 g/mol. The molecule has 0 radical (unpaired) electrons. The minimum Gasteiger partial charge on any atom is -0.207 e. The van der Waals surface area contributed by atoms with Gasteiger partial charge in [0.25, 0.3) is 0 Å². The topological polar surface area (TPSA) is 0 Å². The molecule has 0 saturated heterocycles. The molecule has 39 heavy (non-hydrogen) atoms. The largest absolute Gasteiger partial charge is 1.00 e.